The van der Waals surface area contributed by atoms with Crippen LogP contribution in [0, 0.1) is 17.1 Å². The zero-order valence-electron chi connectivity index (χ0n) is 13.5. The highest BCUT2D eigenvalue weighted by atomic mass is 19.4. The lowest BCUT2D eigenvalue weighted by molar-refractivity contribution is -0.137. The lowest BCUT2D eigenvalue weighted by atomic mass is 10.2. The molecule has 3 rings (SSSR count). The molecule has 136 valence electrons. The number of hydrogen-bond donors (Lipinski definition) is 2. The fourth-order valence-electron chi connectivity index (χ4n) is 2.17. The zero-order valence-corrected chi connectivity index (χ0v) is 13.5. The van der Waals surface area contributed by atoms with Gasteiger partial charge in [-0.3, -0.25) is 0 Å². The Morgan fingerprint density at radius 3 is 2.07 bits per heavy atom. The summed E-state index contributed by atoms with van der Waals surface area (Å²) in [7, 11) is 0. The van der Waals surface area contributed by atoms with Crippen molar-refractivity contribution in [2.45, 2.75) is 6.18 Å². The van der Waals surface area contributed by atoms with E-state index < -0.39 is 23.4 Å². The van der Waals surface area contributed by atoms with E-state index in [1.807, 2.05) is 6.07 Å². The highest BCUT2D eigenvalue weighted by Gasteiger charge is 2.35. The highest BCUT2D eigenvalue weighted by Crippen LogP contribution is 2.35. The van der Waals surface area contributed by atoms with Gasteiger partial charge in [0.05, 0.1) is 11.6 Å². The van der Waals surface area contributed by atoms with Crippen LogP contribution in [0.3, 0.4) is 0 Å². The second kappa shape index (κ2) is 7.29. The van der Waals surface area contributed by atoms with Crippen LogP contribution in [0.2, 0.25) is 0 Å². The van der Waals surface area contributed by atoms with Crippen LogP contribution in [0.15, 0.2) is 54.7 Å². The smallest absolute Gasteiger partial charge is 0.340 e. The van der Waals surface area contributed by atoms with Crippen LogP contribution in [0.1, 0.15) is 11.1 Å². The van der Waals surface area contributed by atoms with Crippen molar-refractivity contribution >= 4 is 23.1 Å². The van der Waals surface area contributed by atoms with Gasteiger partial charge in [-0.1, -0.05) is 0 Å². The molecule has 0 amide bonds. The van der Waals surface area contributed by atoms with Gasteiger partial charge in [-0.25, -0.2) is 9.37 Å². The zero-order chi connectivity index (χ0) is 19.4. The van der Waals surface area contributed by atoms with Gasteiger partial charge in [0.1, 0.15) is 17.2 Å². The Labute approximate surface area is 151 Å². The van der Waals surface area contributed by atoms with Gasteiger partial charge in [0.25, 0.3) is 0 Å². The first kappa shape index (κ1) is 18.1. The maximum absolute atomic E-state index is 13.2. The molecule has 0 aliphatic rings. The Hall–Kier alpha value is -3.67. The van der Waals surface area contributed by atoms with Crippen molar-refractivity contribution in [2.75, 3.05) is 10.6 Å². The molecule has 1 heterocycles. The number of anilines is 4. The summed E-state index contributed by atoms with van der Waals surface area (Å²) >= 11 is 0. The molecule has 2 N–H and O–H groups in total. The molecule has 2 aromatic carbocycles. The SMILES string of the molecule is N#Cc1ccc(Nc2ncc(C(F)(F)F)c(Nc3ccc(F)cc3)n2)cc1. The minimum Gasteiger partial charge on any atom is -0.340 e. The van der Waals surface area contributed by atoms with Crippen molar-refractivity contribution < 1.29 is 17.6 Å². The fourth-order valence-corrected chi connectivity index (χ4v) is 2.17. The second-order valence-electron chi connectivity index (χ2n) is 5.40. The van der Waals surface area contributed by atoms with Crippen LogP contribution in [0.4, 0.5) is 40.7 Å². The van der Waals surface area contributed by atoms with E-state index in [1.165, 1.54) is 12.1 Å². The molecule has 0 radical (unpaired) electrons. The minimum absolute atomic E-state index is 0.0719. The van der Waals surface area contributed by atoms with Crippen molar-refractivity contribution in [3.05, 3.63) is 71.7 Å². The van der Waals surface area contributed by atoms with Crippen LogP contribution in [0.5, 0.6) is 0 Å². The monoisotopic (exact) mass is 373 g/mol. The van der Waals surface area contributed by atoms with E-state index in [0.717, 1.165) is 12.1 Å². The lowest BCUT2D eigenvalue weighted by Crippen LogP contribution is -2.12. The number of halogens is 4. The van der Waals surface area contributed by atoms with Crippen molar-refractivity contribution in [3.8, 4) is 6.07 Å². The molecule has 0 saturated heterocycles. The maximum atomic E-state index is 13.2. The molecule has 0 atom stereocenters. The summed E-state index contributed by atoms with van der Waals surface area (Å²) in [5.41, 5.74) is 0.121. The van der Waals surface area contributed by atoms with Crippen LogP contribution in [0.25, 0.3) is 0 Å². The number of nitrogens with zero attached hydrogens (tertiary/aromatic N) is 3. The third-order valence-corrected chi connectivity index (χ3v) is 3.47. The number of hydrogen-bond acceptors (Lipinski definition) is 5. The minimum atomic E-state index is -4.67. The first-order valence-corrected chi connectivity index (χ1v) is 7.59. The molecule has 0 unspecified atom stereocenters. The molecule has 0 spiro atoms. The van der Waals surface area contributed by atoms with Crippen LogP contribution >= 0.6 is 0 Å². The van der Waals surface area contributed by atoms with Crippen molar-refractivity contribution in [2.24, 2.45) is 0 Å². The van der Waals surface area contributed by atoms with Crippen LogP contribution in [-0.4, -0.2) is 9.97 Å². The van der Waals surface area contributed by atoms with E-state index in [0.29, 0.717) is 17.4 Å². The molecular weight excluding hydrogens is 362 g/mol. The number of nitriles is 1. The van der Waals surface area contributed by atoms with E-state index >= 15 is 0 Å². The van der Waals surface area contributed by atoms with Gasteiger partial charge in [-0.15, -0.1) is 0 Å². The molecule has 0 bridgehead atoms. The first-order chi connectivity index (χ1) is 12.8. The first-order valence-electron chi connectivity index (χ1n) is 7.59. The number of aromatic nitrogens is 2. The third kappa shape index (κ3) is 4.49. The predicted molar refractivity (Wildman–Crippen MR) is 91.2 cm³/mol. The molecule has 5 nitrogen and oxygen atoms in total. The summed E-state index contributed by atoms with van der Waals surface area (Å²) < 4.78 is 52.7. The summed E-state index contributed by atoms with van der Waals surface area (Å²) in [5.74, 6) is -1.06. The molecule has 27 heavy (non-hydrogen) atoms. The molecular formula is C18H11F4N5. The van der Waals surface area contributed by atoms with Gasteiger partial charge in [-0.05, 0) is 48.5 Å². The second-order valence-corrected chi connectivity index (χ2v) is 5.40. The van der Waals surface area contributed by atoms with Gasteiger partial charge in [-0.2, -0.15) is 23.4 Å². The lowest BCUT2D eigenvalue weighted by Gasteiger charge is -2.15. The van der Waals surface area contributed by atoms with E-state index in [9.17, 15) is 17.6 Å². The third-order valence-electron chi connectivity index (χ3n) is 3.47. The molecule has 0 fully saturated rings. The highest BCUT2D eigenvalue weighted by molar-refractivity contribution is 5.63. The van der Waals surface area contributed by atoms with E-state index in [4.69, 9.17) is 5.26 Å². The summed E-state index contributed by atoms with van der Waals surface area (Å²) in [6.45, 7) is 0. The Kier molecular flexibility index (Phi) is 4.90. The van der Waals surface area contributed by atoms with E-state index in [2.05, 4.69) is 20.6 Å². The molecule has 0 aliphatic heterocycles. The molecule has 0 saturated carbocycles. The Balaban J connectivity index is 1.92. The average Bonchev–Trinajstić information content (AvgIpc) is 2.63. The summed E-state index contributed by atoms with van der Waals surface area (Å²) in [6.07, 6.45) is -4.01. The Morgan fingerprint density at radius 1 is 0.889 bits per heavy atom. The van der Waals surface area contributed by atoms with Gasteiger partial charge < -0.3 is 10.6 Å². The largest absolute Gasteiger partial charge is 0.421 e. The standard InChI is InChI=1S/C18H11F4N5/c19-12-3-7-13(8-4-12)25-16-15(18(20,21)22)10-24-17(27-16)26-14-5-1-11(9-23)2-6-14/h1-8,10H,(H2,24,25,26,27). The number of alkyl halides is 3. The van der Waals surface area contributed by atoms with Crippen molar-refractivity contribution in [3.63, 3.8) is 0 Å². The maximum Gasteiger partial charge on any atom is 0.421 e. The number of rotatable bonds is 4. The quantitative estimate of drug-likeness (QED) is 0.630. The summed E-state index contributed by atoms with van der Waals surface area (Å²) in [5, 5.41) is 14.1. The fraction of sp³-hybridized carbons (Fsp3) is 0.0556. The normalized spacial score (nSPS) is 10.9. The Morgan fingerprint density at radius 2 is 1.48 bits per heavy atom. The summed E-state index contributed by atoms with van der Waals surface area (Å²) in [6, 6.07) is 13.0. The number of nitrogens with one attached hydrogen (secondary N) is 2. The Bertz CT molecular complexity index is 977. The van der Waals surface area contributed by atoms with E-state index in [1.54, 1.807) is 24.3 Å². The molecule has 1 aromatic heterocycles. The van der Waals surface area contributed by atoms with Crippen LogP contribution in [-0.2, 0) is 6.18 Å². The molecule has 0 aliphatic carbocycles. The summed E-state index contributed by atoms with van der Waals surface area (Å²) in [4.78, 5) is 7.57. The predicted octanol–water partition coefficient (Wildman–Crippen LogP) is 4.99. The van der Waals surface area contributed by atoms with Gasteiger partial charge >= 0.3 is 6.18 Å². The van der Waals surface area contributed by atoms with Gasteiger partial charge in [0, 0.05) is 17.6 Å². The van der Waals surface area contributed by atoms with Gasteiger partial charge in [0.15, 0.2) is 0 Å². The van der Waals surface area contributed by atoms with Crippen LogP contribution < -0.4 is 10.6 Å². The van der Waals surface area contributed by atoms with Gasteiger partial charge in [0.2, 0.25) is 5.95 Å². The topological polar surface area (TPSA) is 73.6 Å². The molecule has 3 aromatic rings. The number of benzene rings is 2. The molecule has 9 heteroatoms. The van der Waals surface area contributed by atoms with Crippen molar-refractivity contribution in [1.29, 1.82) is 5.26 Å². The average molecular weight is 373 g/mol. The van der Waals surface area contributed by atoms with Crippen molar-refractivity contribution in [1.82, 2.24) is 9.97 Å². The van der Waals surface area contributed by atoms with E-state index in [-0.39, 0.29) is 11.6 Å².